The van der Waals surface area contributed by atoms with Gasteiger partial charge in [0, 0.05) is 49.9 Å². The van der Waals surface area contributed by atoms with E-state index < -0.39 is 0 Å². The van der Waals surface area contributed by atoms with Crippen molar-refractivity contribution in [1.82, 2.24) is 30.4 Å². The third-order valence-corrected chi connectivity index (χ3v) is 5.93. The van der Waals surface area contributed by atoms with Crippen LogP contribution in [0.2, 0.25) is 0 Å². The van der Waals surface area contributed by atoms with E-state index in [1.54, 1.807) is 0 Å². The zero-order valence-corrected chi connectivity index (χ0v) is 17.0. The summed E-state index contributed by atoms with van der Waals surface area (Å²) >= 11 is 0. The van der Waals surface area contributed by atoms with Crippen LogP contribution >= 0.6 is 0 Å². The molecular weight excluding hydrogens is 370 g/mol. The Balaban J connectivity index is 1.37. The minimum absolute atomic E-state index is 0.0771. The summed E-state index contributed by atoms with van der Waals surface area (Å²) in [4.78, 5) is 29.4. The van der Waals surface area contributed by atoms with E-state index in [1.165, 1.54) is 22.3 Å². The van der Waals surface area contributed by atoms with Crippen molar-refractivity contribution in [3.8, 4) is 0 Å². The SMILES string of the molecule is CN1CCc2cc(C(=O)N3CCCC(C)(CNC(=O)Cn4cnnn4)C3)ccc21. The van der Waals surface area contributed by atoms with Gasteiger partial charge in [0.05, 0.1) is 0 Å². The molecule has 0 aliphatic carbocycles. The van der Waals surface area contributed by atoms with Crippen LogP contribution in [0.3, 0.4) is 0 Å². The predicted molar refractivity (Wildman–Crippen MR) is 107 cm³/mol. The molecule has 1 aromatic heterocycles. The van der Waals surface area contributed by atoms with Gasteiger partial charge in [-0.15, -0.1) is 5.10 Å². The van der Waals surface area contributed by atoms with Gasteiger partial charge in [-0.1, -0.05) is 6.92 Å². The van der Waals surface area contributed by atoms with E-state index in [1.807, 2.05) is 17.0 Å². The molecule has 2 amide bonds. The van der Waals surface area contributed by atoms with Crippen molar-refractivity contribution >= 4 is 17.5 Å². The van der Waals surface area contributed by atoms with Crippen LogP contribution in [0.15, 0.2) is 24.5 Å². The molecule has 154 valence electrons. The molecule has 0 radical (unpaired) electrons. The van der Waals surface area contributed by atoms with Gasteiger partial charge in [-0.2, -0.15) is 0 Å². The maximum atomic E-state index is 13.1. The number of anilines is 1. The number of amides is 2. The quantitative estimate of drug-likeness (QED) is 0.799. The molecule has 29 heavy (non-hydrogen) atoms. The molecule has 1 unspecified atom stereocenters. The molecular formula is C20H27N7O2. The number of rotatable bonds is 5. The van der Waals surface area contributed by atoms with Gasteiger partial charge in [0.25, 0.3) is 5.91 Å². The summed E-state index contributed by atoms with van der Waals surface area (Å²) in [7, 11) is 2.08. The maximum absolute atomic E-state index is 13.1. The molecule has 9 nitrogen and oxygen atoms in total. The van der Waals surface area contributed by atoms with E-state index >= 15 is 0 Å². The number of likely N-dealkylation sites (tertiary alicyclic amines) is 1. The van der Waals surface area contributed by atoms with Crippen molar-refractivity contribution in [2.24, 2.45) is 5.41 Å². The van der Waals surface area contributed by atoms with Crippen LogP contribution in [-0.4, -0.2) is 70.1 Å². The highest BCUT2D eigenvalue weighted by molar-refractivity contribution is 5.95. The molecule has 2 aliphatic rings. The Kier molecular flexibility index (Phi) is 5.21. The molecule has 0 saturated carbocycles. The van der Waals surface area contributed by atoms with Crippen LogP contribution in [-0.2, 0) is 17.8 Å². The Hall–Kier alpha value is -2.97. The summed E-state index contributed by atoms with van der Waals surface area (Å²) in [5, 5.41) is 13.7. The first-order valence-corrected chi connectivity index (χ1v) is 10.0. The fourth-order valence-electron chi connectivity index (χ4n) is 4.28. The lowest BCUT2D eigenvalue weighted by molar-refractivity contribution is -0.122. The number of nitrogens with one attached hydrogen (secondary N) is 1. The number of piperidine rings is 1. The number of carbonyl (C=O) groups excluding carboxylic acids is 2. The second kappa shape index (κ2) is 7.81. The number of likely N-dealkylation sites (N-methyl/N-ethyl adjacent to an activating group) is 1. The fraction of sp³-hybridized carbons (Fsp3) is 0.550. The van der Waals surface area contributed by atoms with Gasteiger partial charge in [0.2, 0.25) is 5.91 Å². The Labute approximate surface area is 170 Å². The number of carbonyl (C=O) groups is 2. The van der Waals surface area contributed by atoms with Crippen molar-refractivity contribution < 1.29 is 9.59 Å². The van der Waals surface area contributed by atoms with Crippen LogP contribution in [0, 0.1) is 5.41 Å². The highest BCUT2D eigenvalue weighted by Gasteiger charge is 2.34. The average Bonchev–Trinajstić information content (AvgIpc) is 3.35. The zero-order valence-electron chi connectivity index (χ0n) is 17.0. The first-order valence-electron chi connectivity index (χ1n) is 10.0. The maximum Gasteiger partial charge on any atom is 0.253 e. The van der Waals surface area contributed by atoms with Gasteiger partial charge >= 0.3 is 0 Å². The van der Waals surface area contributed by atoms with E-state index in [4.69, 9.17) is 0 Å². The van der Waals surface area contributed by atoms with Crippen molar-refractivity contribution in [3.63, 3.8) is 0 Å². The molecule has 1 atom stereocenters. The molecule has 2 aromatic rings. The molecule has 4 rings (SSSR count). The third-order valence-electron chi connectivity index (χ3n) is 5.93. The lowest BCUT2D eigenvalue weighted by atomic mass is 9.81. The van der Waals surface area contributed by atoms with Crippen molar-refractivity contribution in [3.05, 3.63) is 35.7 Å². The van der Waals surface area contributed by atoms with Crippen molar-refractivity contribution in [1.29, 1.82) is 0 Å². The monoisotopic (exact) mass is 397 g/mol. The van der Waals surface area contributed by atoms with E-state index in [0.29, 0.717) is 13.1 Å². The predicted octanol–water partition coefficient (Wildman–Crippen LogP) is 0.724. The molecule has 1 saturated heterocycles. The van der Waals surface area contributed by atoms with Crippen LogP contribution in [0.5, 0.6) is 0 Å². The second-order valence-electron chi connectivity index (χ2n) is 8.44. The number of hydrogen-bond donors (Lipinski definition) is 1. The first kappa shape index (κ1) is 19.4. The summed E-state index contributed by atoms with van der Waals surface area (Å²) < 4.78 is 1.39. The highest BCUT2D eigenvalue weighted by Crippen LogP contribution is 2.31. The average molecular weight is 397 g/mol. The summed E-state index contributed by atoms with van der Waals surface area (Å²) in [6.07, 6.45) is 4.30. The van der Waals surface area contributed by atoms with Crippen molar-refractivity contribution in [2.45, 2.75) is 32.7 Å². The highest BCUT2D eigenvalue weighted by atomic mass is 16.2. The fourth-order valence-corrected chi connectivity index (χ4v) is 4.28. The third kappa shape index (κ3) is 4.23. The molecule has 0 spiro atoms. The van der Waals surface area contributed by atoms with Crippen LogP contribution < -0.4 is 10.2 Å². The Morgan fingerprint density at radius 2 is 2.14 bits per heavy atom. The lowest BCUT2D eigenvalue weighted by Crippen LogP contribution is -2.50. The van der Waals surface area contributed by atoms with E-state index in [2.05, 4.69) is 45.8 Å². The Morgan fingerprint density at radius 1 is 1.28 bits per heavy atom. The zero-order chi connectivity index (χ0) is 20.4. The molecule has 1 aromatic carbocycles. The van der Waals surface area contributed by atoms with E-state index in [0.717, 1.165) is 37.9 Å². The molecule has 1 fully saturated rings. The smallest absolute Gasteiger partial charge is 0.253 e. The van der Waals surface area contributed by atoms with E-state index in [9.17, 15) is 9.59 Å². The number of hydrogen-bond acceptors (Lipinski definition) is 6. The number of nitrogens with zero attached hydrogens (tertiary/aromatic N) is 6. The Morgan fingerprint density at radius 3 is 2.93 bits per heavy atom. The van der Waals surface area contributed by atoms with Crippen molar-refractivity contribution in [2.75, 3.05) is 38.1 Å². The molecule has 0 bridgehead atoms. The summed E-state index contributed by atoms with van der Waals surface area (Å²) in [5.41, 5.74) is 3.07. The minimum Gasteiger partial charge on any atom is -0.374 e. The number of fused-ring (bicyclic) bond motifs is 1. The number of benzene rings is 1. The van der Waals surface area contributed by atoms with Gasteiger partial charge in [-0.05, 0) is 53.5 Å². The molecule has 1 N–H and O–H groups in total. The van der Waals surface area contributed by atoms with E-state index in [-0.39, 0.29) is 23.8 Å². The van der Waals surface area contributed by atoms with Gasteiger partial charge in [-0.25, -0.2) is 4.68 Å². The topological polar surface area (TPSA) is 96.2 Å². The normalized spacial score (nSPS) is 21.2. The lowest BCUT2D eigenvalue weighted by Gasteiger charge is -2.40. The molecule has 2 aliphatic heterocycles. The van der Waals surface area contributed by atoms with Gasteiger partial charge < -0.3 is 15.1 Å². The van der Waals surface area contributed by atoms with Gasteiger partial charge in [0.15, 0.2) is 0 Å². The van der Waals surface area contributed by atoms with Crippen LogP contribution in [0.4, 0.5) is 5.69 Å². The van der Waals surface area contributed by atoms with Crippen LogP contribution in [0.1, 0.15) is 35.7 Å². The largest absolute Gasteiger partial charge is 0.374 e. The van der Waals surface area contributed by atoms with Gasteiger partial charge in [-0.3, -0.25) is 9.59 Å². The summed E-state index contributed by atoms with van der Waals surface area (Å²) in [6, 6.07) is 6.03. The number of tetrazole rings is 1. The Bertz CT molecular complexity index is 898. The summed E-state index contributed by atoms with van der Waals surface area (Å²) in [5.74, 6) is -0.0574. The van der Waals surface area contributed by atoms with Gasteiger partial charge in [0.1, 0.15) is 12.9 Å². The minimum atomic E-state index is -0.152. The standard InChI is InChI=1S/C20H27N7O2/c1-20(12-21-18(28)11-27-14-22-23-24-27)7-3-8-26(13-20)19(29)16-4-5-17-15(10-16)6-9-25(17)2/h4-5,10,14H,3,6-9,11-13H2,1-2H3,(H,21,28). The molecule has 3 heterocycles. The van der Waals surface area contributed by atoms with Crippen LogP contribution in [0.25, 0.3) is 0 Å². The molecule has 9 heteroatoms. The summed E-state index contributed by atoms with van der Waals surface area (Å²) in [6.45, 7) is 5.13. The first-order chi connectivity index (χ1) is 13.9. The second-order valence-corrected chi connectivity index (χ2v) is 8.44. The number of aromatic nitrogens is 4.